The lowest BCUT2D eigenvalue weighted by molar-refractivity contribution is -0.138. The van der Waals surface area contributed by atoms with Gasteiger partial charge in [-0.1, -0.05) is 11.6 Å². The van der Waals surface area contributed by atoms with Gasteiger partial charge in [-0.2, -0.15) is 0 Å². The third kappa shape index (κ3) is 3.53. The number of phenolic OH excluding ortho intramolecular Hbond substituents is 1. The number of anilines is 1. The molecule has 2 aliphatic carbocycles. The van der Waals surface area contributed by atoms with Crippen LogP contribution >= 0.6 is 23.2 Å². The first-order valence-corrected chi connectivity index (χ1v) is 14.6. The molecular formula is C31H24Cl2N2O9. The highest BCUT2D eigenvalue weighted by atomic mass is 35.5. The van der Waals surface area contributed by atoms with E-state index in [0.29, 0.717) is 22.5 Å². The number of carbonyl (C=O) groups excluding carboxylic acids is 4. The highest BCUT2D eigenvalue weighted by Gasteiger charge is 2.76. The van der Waals surface area contributed by atoms with Crippen molar-refractivity contribution in [1.29, 1.82) is 0 Å². The molecule has 3 aliphatic heterocycles. The average Bonchev–Trinajstić information content (AvgIpc) is 3.31. The number of phenols is 2. The summed E-state index contributed by atoms with van der Waals surface area (Å²) in [4.78, 5) is 64.4. The maximum absolute atomic E-state index is 14.1. The van der Waals surface area contributed by atoms with Gasteiger partial charge in [0.05, 0.1) is 23.8 Å². The van der Waals surface area contributed by atoms with Gasteiger partial charge in [0.1, 0.15) is 22.8 Å². The quantitative estimate of drug-likeness (QED) is 0.260. The van der Waals surface area contributed by atoms with Gasteiger partial charge in [0.2, 0.25) is 11.8 Å². The Hall–Kier alpha value is -4.35. The van der Waals surface area contributed by atoms with Crippen molar-refractivity contribution in [3.8, 4) is 17.2 Å². The summed E-state index contributed by atoms with van der Waals surface area (Å²) in [5, 5.41) is 29.7. The van der Waals surface area contributed by atoms with Crippen LogP contribution in [-0.4, -0.2) is 66.6 Å². The fourth-order valence-corrected chi connectivity index (χ4v) is 8.68. The number of rotatable bonds is 3. The number of likely N-dealkylation sites (tertiary alicyclic amines) is 1. The predicted molar refractivity (Wildman–Crippen MR) is 154 cm³/mol. The van der Waals surface area contributed by atoms with Gasteiger partial charge in [-0.3, -0.25) is 24.1 Å². The topological polar surface area (TPSA) is 162 Å². The maximum atomic E-state index is 14.1. The van der Waals surface area contributed by atoms with E-state index in [4.69, 9.17) is 27.9 Å². The number of allylic oxidation sites excluding steroid dienone is 3. The standard InChI is InChI=1S/C31H24Cl2N2O9/c1-34-28(42)30(32)11-20-17(24(31(30,33)29(34)43)14-8-13-9-16(36)3-7-22(13)44-12-14)5-6-19-23(20)26(39)35(25(19)38)15-2-4-18(27(40)41)21(37)10-15/h2-5,7,9-10,12,19-20,23-24,36-37H,6,8,11H2,1H3,(H,40,41)/t19-,20+,23-,24-,30+,31-/m0/s1. The largest absolute Gasteiger partial charge is 0.508 e. The van der Waals surface area contributed by atoms with Crippen molar-refractivity contribution in [3.05, 3.63) is 71.0 Å². The third-order valence-corrected chi connectivity index (χ3v) is 11.0. The predicted octanol–water partition coefficient (Wildman–Crippen LogP) is 3.34. The lowest BCUT2D eigenvalue weighted by Crippen LogP contribution is -2.61. The molecule has 0 spiro atoms. The van der Waals surface area contributed by atoms with Gasteiger partial charge in [-0.05, 0) is 54.7 Å². The number of carboxylic acid groups (broad SMARTS) is 1. The molecule has 0 aromatic heterocycles. The van der Waals surface area contributed by atoms with Crippen LogP contribution in [0.2, 0.25) is 0 Å². The number of amides is 4. The summed E-state index contributed by atoms with van der Waals surface area (Å²) in [6.45, 7) is 0. The summed E-state index contributed by atoms with van der Waals surface area (Å²) in [7, 11) is 1.30. The molecule has 0 unspecified atom stereocenters. The molecule has 4 amide bonds. The van der Waals surface area contributed by atoms with Crippen LogP contribution in [0.25, 0.3) is 0 Å². The molecule has 2 saturated heterocycles. The first kappa shape index (κ1) is 28.4. The molecule has 2 aromatic carbocycles. The highest BCUT2D eigenvalue weighted by Crippen LogP contribution is 2.64. The van der Waals surface area contributed by atoms with Gasteiger partial charge < -0.3 is 20.1 Å². The smallest absolute Gasteiger partial charge is 0.339 e. The second kappa shape index (κ2) is 9.33. The van der Waals surface area contributed by atoms with Gasteiger partial charge in [0.25, 0.3) is 11.8 Å². The molecule has 3 fully saturated rings. The molecular weight excluding hydrogens is 615 g/mol. The summed E-state index contributed by atoms with van der Waals surface area (Å²) in [5.41, 5.74) is 1.33. The molecule has 3 heterocycles. The Balaban J connectivity index is 1.33. The Bertz CT molecular complexity index is 1800. The van der Waals surface area contributed by atoms with E-state index in [1.807, 2.05) is 0 Å². The first-order chi connectivity index (χ1) is 20.8. The van der Waals surface area contributed by atoms with E-state index < -0.39 is 74.3 Å². The van der Waals surface area contributed by atoms with Gasteiger partial charge in [0.15, 0.2) is 9.75 Å². The minimum Gasteiger partial charge on any atom is -0.508 e. The molecule has 44 heavy (non-hydrogen) atoms. The summed E-state index contributed by atoms with van der Waals surface area (Å²) in [6.07, 6.45) is 3.37. The summed E-state index contributed by atoms with van der Waals surface area (Å²) in [5.74, 6) is -7.62. The fraction of sp³-hybridized carbons (Fsp3) is 0.323. The number of carbonyl (C=O) groups is 5. The zero-order valence-electron chi connectivity index (χ0n) is 23.0. The summed E-state index contributed by atoms with van der Waals surface area (Å²) < 4.78 is 5.87. The van der Waals surface area contributed by atoms with Crippen molar-refractivity contribution in [2.24, 2.45) is 23.7 Å². The monoisotopic (exact) mass is 638 g/mol. The fourth-order valence-electron chi connectivity index (χ4n) is 7.65. The van der Waals surface area contributed by atoms with E-state index in [1.54, 1.807) is 12.1 Å². The molecule has 0 bridgehead atoms. The lowest BCUT2D eigenvalue weighted by Gasteiger charge is -2.51. The van der Waals surface area contributed by atoms with Gasteiger partial charge in [-0.25, -0.2) is 9.69 Å². The minimum atomic E-state index is -1.97. The van der Waals surface area contributed by atoms with Crippen molar-refractivity contribution in [2.75, 3.05) is 11.9 Å². The third-order valence-electron chi connectivity index (χ3n) is 9.63. The number of fused-ring (bicyclic) bond motifs is 5. The number of aromatic carboxylic acids is 1. The Morgan fingerprint density at radius 1 is 1.00 bits per heavy atom. The van der Waals surface area contributed by atoms with E-state index >= 15 is 0 Å². The van der Waals surface area contributed by atoms with Gasteiger partial charge in [0, 0.05) is 31.0 Å². The zero-order valence-corrected chi connectivity index (χ0v) is 24.5. The Morgan fingerprint density at radius 3 is 2.45 bits per heavy atom. The Labute approximate surface area is 259 Å². The number of benzene rings is 2. The van der Waals surface area contributed by atoms with Gasteiger partial charge >= 0.3 is 5.97 Å². The van der Waals surface area contributed by atoms with Crippen LogP contribution in [0.5, 0.6) is 17.2 Å². The van der Waals surface area contributed by atoms with Crippen LogP contribution in [0, 0.1) is 23.7 Å². The SMILES string of the molecule is CN1C(=O)[C@]2(Cl)C[C@@H]3C(=CC[C@@H]4C(=O)N(c5ccc(C(=O)O)c(O)c5)C(=O)[C@@H]43)[C@H](C3=COc4ccc(O)cc4C3)[C@]2(Cl)C1=O. The van der Waals surface area contributed by atoms with E-state index in [9.17, 15) is 39.3 Å². The van der Waals surface area contributed by atoms with Crippen molar-refractivity contribution < 1.29 is 44.0 Å². The van der Waals surface area contributed by atoms with Crippen LogP contribution in [0.1, 0.15) is 28.8 Å². The van der Waals surface area contributed by atoms with E-state index in [1.165, 1.54) is 31.5 Å². The van der Waals surface area contributed by atoms with E-state index in [-0.39, 0.29) is 30.7 Å². The molecule has 1 saturated carbocycles. The molecule has 6 atom stereocenters. The molecule has 3 N–H and O–H groups in total. The first-order valence-electron chi connectivity index (χ1n) is 13.8. The van der Waals surface area contributed by atoms with Crippen LogP contribution < -0.4 is 9.64 Å². The van der Waals surface area contributed by atoms with E-state index in [0.717, 1.165) is 21.9 Å². The Kier molecular flexibility index (Phi) is 6.02. The number of hydrogen-bond donors (Lipinski definition) is 3. The second-order valence-electron chi connectivity index (χ2n) is 11.8. The number of alkyl halides is 2. The molecule has 7 rings (SSSR count). The number of halogens is 2. The lowest BCUT2D eigenvalue weighted by atomic mass is 9.56. The van der Waals surface area contributed by atoms with Crippen LogP contribution in [0.4, 0.5) is 5.69 Å². The molecule has 5 aliphatic rings. The number of aromatic hydroxyl groups is 2. The molecule has 2 aromatic rings. The number of nitrogens with zero attached hydrogens (tertiary/aromatic N) is 2. The van der Waals surface area contributed by atoms with Crippen molar-refractivity contribution in [1.82, 2.24) is 4.90 Å². The van der Waals surface area contributed by atoms with E-state index in [2.05, 4.69) is 0 Å². The van der Waals surface area contributed by atoms with Crippen molar-refractivity contribution >= 4 is 58.5 Å². The average molecular weight is 639 g/mol. The molecule has 0 radical (unpaired) electrons. The maximum Gasteiger partial charge on any atom is 0.339 e. The second-order valence-corrected chi connectivity index (χ2v) is 13.0. The Morgan fingerprint density at radius 2 is 1.75 bits per heavy atom. The normalized spacial score (nSPS) is 32.3. The minimum absolute atomic E-state index is 0.00439. The molecule has 226 valence electrons. The van der Waals surface area contributed by atoms with Gasteiger partial charge in [-0.15, -0.1) is 23.2 Å². The van der Waals surface area contributed by atoms with Crippen LogP contribution in [0.15, 0.2) is 59.9 Å². The van der Waals surface area contributed by atoms with Crippen LogP contribution in [0.3, 0.4) is 0 Å². The number of ether oxygens (including phenoxy) is 1. The highest BCUT2D eigenvalue weighted by molar-refractivity contribution is 6.53. The zero-order chi connectivity index (χ0) is 31.5. The summed E-state index contributed by atoms with van der Waals surface area (Å²) >= 11 is 14.4. The number of hydrogen-bond acceptors (Lipinski definition) is 8. The molecule has 13 heteroatoms. The van der Waals surface area contributed by atoms with Crippen molar-refractivity contribution in [3.63, 3.8) is 0 Å². The number of imide groups is 2. The van der Waals surface area contributed by atoms with Crippen LogP contribution in [-0.2, 0) is 25.6 Å². The summed E-state index contributed by atoms with van der Waals surface area (Å²) in [6, 6.07) is 8.03. The molecule has 11 nitrogen and oxygen atoms in total. The number of carboxylic acids is 1. The van der Waals surface area contributed by atoms with Crippen molar-refractivity contribution in [2.45, 2.75) is 29.0 Å².